The van der Waals surface area contributed by atoms with E-state index in [9.17, 15) is 9.90 Å². The first kappa shape index (κ1) is 17.0. The number of hydrogen-bond donors (Lipinski definition) is 1. The van der Waals surface area contributed by atoms with Gasteiger partial charge in [-0.25, -0.2) is 0 Å². The Bertz CT molecular complexity index is 626. The summed E-state index contributed by atoms with van der Waals surface area (Å²) < 4.78 is 7.60. The van der Waals surface area contributed by atoms with Crippen LogP contribution in [0, 0.1) is 0 Å². The Kier molecular flexibility index (Phi) is 4.80. The monoisotopic (exact) mass is 348 g/mol. The molecule has 0 bridgehead atoms. The molecule has 4 heterocycles. The lowest BCUT2D eigenvalue weighted by Crippen LogP contribution is -2.53. The first-order valence-electron chi connectivity index (χ1n) is 9.51. The molecule has 0 aromatic carbocycles. The molecule has 4 rings (SSSR count). The molecule has 2 fully saturated rings. The van der Waals surface area contributed by atoms with Gasteiger partial charge in [0.05, 0.1) is 37.2 Å². The summed E-state index contributed by atoms with van der Waals surface area (Å²) in [6, 6.07) is 0. The number of likely N-dealkylation sites (tertiary alicyclic amines) is 1. The summed E-state index contributed by atoms with van der Waals surface area (Å²) in [5.41, 5.74) is 0.749. The van der Waals surface area contributed by atoms with Crippen LogP contribution in [-0.2, 0) is 17.7 Å². The highest BCUT2D eigenvalue weighted by atomic mass is 16.5. The molecule has 0 aliphatic carbocycles. The smallest absolute Gasteiger partial charge is 0.257 e. The minimum absolute atomic E-state index is 0.0199. The van der Waals surface area contributed by atoms with E-state index in [1.165, 1.54) is 12.8 Å². The van der Waals surface area contributed by atoms with Gasteiger partial charge in [-0.2, -0.15) is 5.10 Å². The van der Waals surface area contributed by atoms with Gasteiger partial charge in [0, 0.05) is 19.6 Å². The molecule has 1 aromatic heterocycles. The van der Waals surface area contributed by atoms with Crippen molar-refractivity contribution < 1.29 is 14.6 Å². The van der Waals surface area contributed by atoms with Crippen LogP contribution < -0.4 is 0 Å². The number of β-amino-alcohol motifs (C(OH)–C–C–N with tert-alkyl or cyclic N) is 1. The van der Waals surface area contributed by atoms with Gasteiger partial charge in [-0.3, -0.25) is 9.48 Å². The van der Waals surface area contributed by atoms with E-state index in [2.05, 4.69) is 10.00 Å². The molecule has 3 aliphatic rings. The van der Waals surface area contributed by atoms with Gasteiger partial charge in [-0.1, -0.05) is 0 Å². The summed E-state index contributed by atoms with van der Waals surface area (Å²) in [4.78, 5) is 17.1. The van der Waals surface area contributed by atoms with E-state index >= 15 is 0 Å². The van der Waals surface area contributed by atoms with E-state index in [4.69, 9.17) is 4.74 Å². The summed E-state index contributed by atoms with van der Waals surface area (Å²) in [5.74, 6) is -0.0199. The van der Waals surface area contributed by atoms with Crippen molar-refractivity contribution in [2.75, 3.05) is 45.9 Å². The van der Waals surface area contributed by atoms with Crippen molar-refractivity contribution in [2.24, 2.45) is 0 Å². The van der Waals surface area contributed by atoms with Gasteiger partial charge in [-0.15, -0.1) is 0 Å². The number of nitrogens with zero attached hydrogens (tertiary/aromatic N) is 4. The third kappa shape index (κ3) is 3.59. The van der Waals surface area contributed by atoms with Crippen molar-refractivity contribution in [3.8, 4) is 0 Å². The number of rotatable bonds is 3. The van der Waals surface area contributed by atoms with Gasteiger partial charge >= 0.3 is 0 Å². The lowest BCUT2D eigenvalue weighted by atomic mass is 10.0. The fourth-order valence-corrected chi connectivity index (χ4v) is 4.31. The topological polar surface area (TPSA) is 70.8 Å². The molecule has 0 radical (unpaired) electrons. The predicted octanol–water partition coefficient (Wildman–Crippen LogP) is 0.519. The molecule has 0 spiro atoms. The molecule has 1 atom stereocenters. The Balaban J connectivity index is 1.50. The first-order chi connectivity index (χ1) is 12.1. The second-order valence-electron chi connectivity index (χ2n) is 7.67. The molecule has 25 heavy (non-hydrogen) atoms. The van der Waals surface area contributed by atoms with Crippen molar-refractivity contribution in [3.05, 3.63) is 17.5 Å². The fourth-order valence-electron chi connectivity index (χ4n) is 4.31. The summed E-state index contributed by atoms with van der Waals surface area (Å²) >= 11 is 0. The zero-order valence-electron chi connectivity index (χ0n) is 14.8. The van der Waals surface area contributed by atoms with E-state index in [1.54, 1.807) is 11.1 Å². The Morgan fingerprint density at radius 2 is 2.00 bits per heavy atom. The minimum atomic E-state index is -0.996. The zero-order valence-corrected chi connectivity index (χ0v) is 14.8. The fraction of sp³-hybridized carbons (Fsp3) is 0.778. The van der Waals surface area contributed by atoms with E-state index < -0.39 is 5.60 Å². The number of hydrogen-bond acceptors (Lipinski definition) is 5. The van der Waals surface area contributed by atoms with Gasteiger partial charge in [-0.05, 0) is 45.2 Å². The Morgan fingerprint density at radius 3 is 2.84 bits per heavy atom. The predicted molar refractivity (Wildman–Crippen MR) is 92.5 cm³/mol. The number of ether oxygens (including phenoxy) is 1. The minimum Gasteiger partial charge on any atom is -0.384 e. The maximum atomic E-state index is 13.1. The molecule has 1 amide bonds. The lowest BCUT2D eigenvalue weighted by Gasteiger charge is -2.34. The van der Waals surface area contributed by atoms with Crippen LogP contribution in [0.25, 0.3) is 0 Å². The largest absolute Gasteiger partial charge is 0.384 e. The van der Waals surface area contributed by atoms with Crippen LogP contribution >= 0.6 is 0 Å². The molecule has 3 aliphatic heterocycles. The zero-order chi connectivity index (χ0) is 17.3. The average molecular weight is 348 g/mol. The van der Waals surface area contributed by atoms with Crippen molar-refractivity contribution >= 4 is 5.91 Å². The summed E-state index contributed by atoms with van der Waals surface area (Å²) in [7, 11) is 0. The molecule has 138 valence electrons. The van der Waals surface area contributed by atoms with Gasteiger partial charge in [0.1, 0.15) is 5.60 Å². The Labute approximate surface area is 148 Å². The van der Waals surface area contributed by atoms with Gasteiger partial charge in [0.25, 0.3) is 5.91 Å². The Hall–Kier alpha value is -1.44. The number of aliphatic hydroxyl groups is 1. The number of aryl methyl sites for hydroxylation is 1. The third-order valence-corrected chi connectivity index (χ3v) is 5.58. The van der Waals surface area contributed by atoms with Crippen molar-refractivity contribution in [2.45, 2.75) is 44.2 Å². The molecule has 7 heteroatoms. The summed E-state index contributed by atoms with van der Waals surface area (Å²) in [6.45, 7) is 5.11. The van der Waals surface area contributed by atoms with Crippen LogP contribution in [0.4, 0.5) is 0 Å². The van der Waals surface area contributed by atoms with E-state index in [1.807, 2.05) is 4.68 Å². The quantitative estimate of drug-likeness (QED) is 0.862. The SMILES string of the molecule is O=C(c1cnn2c1CCCC2)N1CCOCC(O)(CN2CCCC2)C1. The highest BCUT2D eigenvalue weighted by Crippen LogP contribution is 2.23. The summed E-state index contributed by atoms with van der Waals surface area (Å²) in [6.07, 6.45) is 7.20. The maximum absolute atomic E-state index is 13.1. The second kappa shape index (κ2) is 7.05. The normalized spacial score (nSPS) is 28.0. The highest BCUT2D eigenvalue weighted by molar-refractivity contribution is 5.95. The van der Waals surface area contributed by atoms with Crippen LogP contribution in [0.15, 0.2) is 6.20 Å². The third-order valence-electron chi connectivity index (χ3n) is 5.58. The number of carbonyl (C=O) groups is 1. The van der Waals surface area contributed by atoms with E-state index in [-0.39, 0.29) is 5.91 Å². The lowest BCUT2D eigenvalue weighted by molar-refractivity contribution is -0.0524. The second-order valence-corrected chi connectivity index (χ2v) is 7.67. The van der Waals surface area contributed by atoms with Crippen molar-refractivity contribution in [3.63, 3.8) is 0 Å². The van der Waals surface area contributed by atoms with Gasteiger partial charge in [0.2, 0.25) is 0 Å². The summed E-state index contributed by atoms with van der Waals surface area (Å²) in [5, 5.41) is 15.5. The molecule has 7 nitrogen and oxygen atoms in total. The van der Waals surface area contributed by atoms with Crippen LogP contribution in [0.5, 0.6) is 0 Å². The molecule has 0 saturated carbocycles. The molecule has 1 aromatic rings. The van der Waals surface area contributed by atoms with Gasteiger partial charge < -0.3 is 19.6 Å². The Morgan fingerprint density at radius 1 is 1.20 bits per heavy atom. The molecular formula is C18H28N4O3. The maximum Gasteiger partial charge on any atom is 0.257 e. The standard InChI is InChI=1S/C18H28N4O3/c23-17(15-11-19-22-8-2-1-5-16(15)22)21-9-10-25-14-18(24,13-21)12-20-6-3-4-7-20/h11,24H,1-10,12-14H2. The highest BCUT2D eigenvalue weighted by Gasteiger charge is 2.37. The van der Waals surface area contributed by atoms with Crippen LogP contribution in [0.3, 0.4) is 0 Å². The number of amides is 1. The van der Waals surface area contributed by atoms with Crippen LogP contribution in [0.2, 0.25) is 0 Å². The van der Waals surface area contributed by atoms with Crippen molar-refractivity contribution in [1.82, 2.24) is 19.6 Å². The van der Waals surface area contributed by atoms with Crippen LogP contribution in [0.1, 0.15) is 41.7 Å². The number of carbonyl (C=O) groups excluding carboxylic acids is 1. The van der Waals surface area contributed by atoms with Crippen molar-refractivity contribution in [1.29, 1.82) is 0 Å². The van der Waals surface area contributed by atoms with Gasteiger partial charge in [0.15, 0.2) is 0 Å². The number of aromatic nitrogens is 2. The molecule has 1 unspecified atom stereocenters. The van der Waals surface area contributed by atoms with Crippen LogP contribution in [-0.4, -0.2) is 82.1 Å². The number of fused-ring (bicyclic) bond motifs is 1. The molecule has 2 saturated heterocycles. The van der Waals surface area contributed by atoms with E-state index in [0.29, 0.717) is 38.4 Å². The molecular weight excluding hydrogens is 320 g/mol. The van der Waals surface area contributed by atoms with E-state index in [0.717, 1.165) is 44.6 Å². The first-order valence-corrected chi connectivity index (χ1v) is 9.51. The molecule has 1 N–H and O–H groups in total. The average Bonchev–Trinajstić information content (AvgIpc) is 3.22.